The quantitative estimate of drug-likeness (QED) is 0.834. The Labute approximate surface area is 92.1 Å². The first kappa shape index (κ1) is 13.0. The van der Waals surface area contributed by atoms with Gasteiger partial charge in [0.05, 0.1) is 6.61 Å². The van der Waals surface area contributed by atoms with Gasteiger partial charge in [-0.1, -0.05) is 30.3 Å². The molecule has 0 heterocycles. The van der Waals surface area contributed by atoms with Crippen LogP contribution in [0.1, 0.15) is 12.5 Å². The predicted molar refractivity (Wildman–Crippen MR) is 54.8 cm³/mol. The molecule has 1 atom stereocenters. The molecule has 0 spiro atoms. The molecule has 1 aromatic carbocycles. The van der Waals surface area contributed by atoms with E-state index in [1.165, 1.54) is 0 Å². The molecule has 1 rings (SSSR count). The monoisotopic (exact) mass is 233 g/mol. The Morgan fingerprint density at radius 2 is 1.75 bits per heavy atom. The van der Waals surface area contributed by atoms with E-state index in [1.807, 2.05) is 0 Å². The lowest BCUT2D eigenvalue weighted by molar-refractivity contribution is -0.201. The molecule has 2 N–H and O–H groups in total. The van der Waals surface area contributed by atoms with Crippen molar-refractivity contribution in [3.8, 4) is 0 Å². The third-order valence-electron chi connectivity index (χ3n) is 2.47. The van der Waals surface area contributed by atoms with Crippen molar-refractivity contribution in [1.82, 2.24) is 5.32 Å². The molecule has 1 unspecified atom stereocenters. The molecule has 0 saturated carbocycles. The van der Waals surface area contributed by atoms with Crippen molar-refractivity contribution in [1.29, 1.82) is 0 Å². The molecular weight excluding hydrogens is 219 g/mol. The number of hydrogen-bond donors (Lipinski definition) is 2. The summed E-state index contributed by atoms with van der Waals surface area (Å²) in [6.45, 7) is 0.0245. The smallest absolute Gasteiger partial charge is 0.394 e. The molecule has 0 aliphatic heterocycles. The molecule has 5 heteroatoms. The fourth-order valence-electron chi connectivity index (χ4n) is 1.14. The second kappa shape index (κ2) is 4.84. The van der Waals surface area contributed by atoms with Crippen molar-refractivity contribution >= 4 is 0 Å². The van der Waals surface area contributed by atoms with E-state index in [1.54, 1.807) is 30.3 Å². The molecule has 0 amide bonds. The number of aliphatic hydroxyl groups excluding tert-OH is 1. The highest BCUT2D eigenvalue weighted by Gasteiger charge is 2.50. The van der Waals surface area contributed by atoms with Gasteiger partial charge in [0, 0.05) is 6.54 Å². The summed E-state index contributed by atoms with van der Waals surface area (Å²) in [7, 11) is 0. The third kappa shape index (κ3) is 2.96. The number of halogens is 3. The van der Waals surface area contributed by atoms with Gasteiger partial charge in [-0.2, -0.15) is 13.2 Å². The van der Waals surface area contributed by atoms with Gasteiger partial charge in [0.15, 0.2) is 0 Å². The van der Waals surface area contributed by atoms with Crippen molar-refractivity contribution < 1.29 is 18.3 Å². The van der Waals surface area contributed by atoms with Gasteiger partial charge in [-0.15, -0.1) is 0 Å². The minimum absolute atomic E-state index is 0.0669. The van der Waals surface area contributed by atoms with Crippen LogP contribution in [-0.4, -0.2) is 23.4 Å². The van der Waals surface area contributed by atoms with Crippen LogP contribution in [0.25, 0.3) is 0 Å². The summed E-state index contributed by atoms with van der Waals surface area (Å²) in [5.74, 6) is 0. The van der Waals surface area contributed by atoms with Gasteiger partial charge in [0.1, 0.15) is 5.54 Å². The van der Waals surface area contributed by atoms with Crippen LogP contribution in [-0.2, 0) is 6.54 Å². The summed E-state index contributed by atoms with van der Waals surface area (Å²) < 4.78 is 37.8. The van der Waals surface area contributed by atoms with Gasteiger partial charge < -0.3 is 5.11 Å². The summed E-state index contributed by atoms with van der Waals surface area (Å²) in [5.41, 5.74) is -1.52. The fraction of sp³-hybridized carbons (Fsp3) is 0.455. The Morgan fingerprint density at radius 3 is 2.19 bits per heavy atom. The summed E-state index contributed by atoms with van der Waals surface area (Å²) >= 11 is 0. The second-order valence-corrected chi connectivity index (χ2v) is 3.83. The Hall–Kier alpha value is -1.07. The molecule has 16 heavy (non-hydrogen) atoms. The molecule has 0 aromatic heterocycles. The van der Waals surface area contributed by atoms with E-state index in [9.17, 15) is 13.2 Å². The molecule has 90 valence electrons. The first-order valence-electron chi connectivity index (χ1n) is 4.85. The number of hydrogen-bond acceptors (Lipinski definition) is 2. The van der Waals surface area contributed by atoms with Gasteiger partial charge >= 0.3 is 6.18 Å². The van der Waals surface area contributed by atoms with E-state index in [0.29, 0.717) is 0 Å². The average molecular weight is 233 g/mol. The van der Waals surface area contributed by atoms with E-state index in [-0.39, 0.29) is 6.54 Å². The topological polar surface area (TPSA) is 32.3 Å². The highest BCUT2D eigenvalue weighted by atomic mass is 19.4. The van der Waals surface area contributed by atoms with Crippen LogP contribution < -0.4 is 5.32 Å². The predicted octanol–water partition coefficient (Wildman–Crippen LogP) is 2.09. The van der Waals surface area contributed by atoms with E-state index in [4.69, 9.17) is 5.11 Å². The minimum atomic E-state index is -4.48. The van der Waals surface area contributed by atoms with Gasteiger partial charge in [-0.3, -0.25) is 5.32 Å². The highest BCUT2D eigenvalue weighted by molar-refractivity contribution is 5.14. The molecule has 0 saturated heterocycles. The Kier molecular flexibility index (Phi) is 3.93. The van der Waals surface area contributed by atoms with E-state index in [0.717, 1.165) is 12.5 Å². The normalized spacial score (nSPS) is 15.8. The van der Waals surface area contributed by atoms with Crippen molar-refractivity contribution in [2.75, 3.05) is 6.61 Å². The zero-order valence-corrected chi connectivity index (χ0v) is 8.88. The summed E-state index contributed by atoms with van der Waals surface area (Å²) in [6, 6.07) is 8.74. The number of benzene rings is 1. The third-order valence-corrected chi connectivity index (χ3v) is 2.47. The van der Waals surface area contributed by atoms with Crippen LogP contribution in [0.4, 0.5) is 13.2 Å². The van der Waals surface area contributed by atoms with Crippen molar-refractivity contribution in [2.45, 2.75) is 25.2 Å². The van der Waals surface area contributed by atoms with E-state index < -0.39 is 18.3 Å². The number of alkyl halides is 3. The van der Waals surface area contributed by atoms with Crippen molar-refractivity contribution in [2.24, 2.45) is 0 Å². The molecule has 2 nitrogen and oxygen atoms in total. The number of nitrogens with one attached hydrogen (secondary N) is 1. The molecule has 0 aliphatic carbocycles. The lowest BCUT2D eigenvalue weighted by Gasteiger charge is -2.31. The van der Waals surface area contributed by atoms with E-state index >= 15 is 0 Å². The van der Waals surface area contributed by atoms with Crippen molar-refractivity contribution in [3.63, 3.8) is 0 Å². The Balaban J connectivity index is 2.66. The van der Waals surface area contributed by atoms with Crippen LogP contribution in [0.5, 0.6) is 0 Å². The van der Waals surface area contributed by atoms with Crippen LogP contribution >= 0.6 is 0 Å². The molecule has 0 bridgehead atoms. The SMILES string of the molecule is CC(CO)(NCc1ccccc1)C(F)(F)F. The van der Waals surface area contributed by atoms with Crippen LogP contribution in [0, 0.1) is 0 Å². The molecule has 1 aromatic rings. The Morgan fingerprint density at radius 1 is 1.19 bits per heavy atom. The minimum Gasteiger partial charge on any atom is -0.394 e. The van der Waals surface area contributed by atoms with Crippen molar-refractivity contribution in [3.05, 3.63) is 35.9 Å². The lowest BCUT2D eigenvalue weighted by atomic mass is 10.0. The largest absolute Gasteiger partial charge is 0.408 e. The number of aliphatic hydroxyl groups is 1. The highest BCUT2D eigenvalue weighted by Crippen LogP contribution is 2.29. The number of rotatable bonds is 4. The molecular formula is C11H14F3NO. The fourth-order valence-corrected chi connectivity index (χ4v) is 1.14. The van der Waals surface area contributed by atoms with Gasteiger partial charge in [0.2, 0.25) is 0 Å². The zero-order valence-electron chi connectivity index (χ0n) is 8.88. The van der Waals surface area contributed by atoms with Gasteiger partial charge in [0.25, 0.3) is 0 Å². The molecule has 0 radical (unpaired) electrons. The van der Waals surface area contributed by atoms with Gasteiger partial charge in [-0.25, -0.2) is 0 Å². The summed E-state index contributed by atoms with van der Waals surface area (Å²) in [4.78, 5) is 0. The van der Waals surface area contributed by atoms with Gasteiger partial charge in [-0.05, 0) is 12.5 Å². The van der Waals surface area contributed by atoms with E-state index in [2.05, 4.69) is 5.32 Å². The second-order valence-electron chi connectivity index (χ2n) is 3.83. The summed E-state index contributed by atoms with van der Waals surface area (Å²) in [6.07, 6.45) is -4.48. The first-order valence-corrected chi connectivity index (χ1v) is 4.85. The summed E-state index contributed by atoms with van der Waals surface area (Å²) in [5, 5.41) is 11.1. The lowest BCUT2D eigenvalue weighted by Crippen LogP contribution is -2.56. The van der Waals surface area contributed by atoms with Crippen LogP contribution in [0.15, 0.2) is 30.3 Å². The maximum absolute atomic E-state index is 12.6. The van der Waals surface area contributed by atoms with Crippen LogP contribution in [0.3, 0.4) is 0 Å². The maximum Gasteiger partial charge on any atom is 0.408 e. The average Bonchev–Trinajstić information content (AvgIpc) is 2.26. The maximum atomic E-state index is 12.6. The Bertz CT molecular complexity index is 326. The molecule has 0 aliphatic rings. The molecule has 0 fully saturated rings. The standard InChI is InChI=1S/C11H14F3NO/c1-10(8-16,11(12,13)14)15-7-9-5-3-2-4-6-9/h2-6,15-16H,7-8H2,1H3. The first-order chi connectivity index (χ1) is 7.39. The van der Waals surface area contributed by atoms with Crippen LogP contribution in [0.2, 0.25) is 0 Å². The zero-order chi connectivity index (χ0) is 12.2.